The van der Waals surface area contributed by atoms with Crippen LogP contribution < -0.4 is 0 Å². The molecule has 1 aromatic carbocycles. The van der Waals surface area contributed by atoms with Crippen molar-refractivity contribution >= 4 is 17.0 Å². The van der Waals surface area contributed by atoms with Gasteiger partial charge in [0.15, 0.2) is 0 Å². The van der Waals surface area contributed by atoms with E-state index in [0.29, 0.717) is 11.0 Å². The topological polar surface area (TPSA) is 92.5 Å². The van der Waals surface area contributed by atoms with Crippen molar-refractivity contribution in [3.05, 3.63) is 36.2 Å². The number of carbonyl (C=O) groups excluding carboxylic acids is 1. The summed E-state index contributed by atoms with van der Waals surface area (Å²) in [6.45, 7) is 1.91. The number of aliphatic hydroxyl groups is 2. The maximum absolute atomic E-state index is 11.3. The lowest BCUT2D eigenvalue weighted by atomic mass is 10.1. The van der Waals surface area contributed by atoms with Crippen LogP contribution in [0.1, 0.15) is 25.1 Å². The highest BCUT2D eigenvalue weighted by Gasteiger charge is 2.23. The van der Waals surface area contributed by atoms with E-state index in [0.717, 1.165) is 0 Å². The van der Waals surface area contributed by atoms with Crippen LogP contribution in [0.4, 0.5) is 0 Å². The molecule has 0 fully saturated rings. The van der Waals surface area contributed by atoms with Gasteiger partial charge in [-0.3, -0.25) is 9.78 Å². The van der Waals surface area contributed by atoms with Crippen molar-refractivity contribution in [1.29, 1.82) is 0 Å². The summed E-state index contributed by atoms with van der Waals surface area (Å²) in [7, 11) is 0. The first-order chi connectivity index (χ1) is 9.61. The van der Waals surface area contributed by atoms with Gasteiger partial charge in [-0.05, 0) is 19.1 Å². The van der Waals surface area contributed by atoms with Crippen LogP contribution in [0.5, 0.6) is 0 Å². The Morgan fingerprint density at radius 2 is 2.00 bits per heavy atom. The number of benzene rings is 1. The van der Waals surface area contributed by atoms with Gasteiger partial charge in [0.2, 0.25) is 0 Å². The number of rotatable bonds is 5. The number of fused-ring (bicyclic) bond motifs is 1. The van der Waals surface area contributed by atoms with E-state index in [2.05, 4.69) is 9.97 Å². The Labute approximate surface area is 116 Å². The molecule has 0 saturated carbocycles. The summed E-state index contributed by atoms with van der Waals surface area (Å²) >= 11 is 0. The highest BCUT2D eigenvalue weighted by atomic mass is 16.5. The van der Waals surface area contributed by atoms with E-state index < -0.39 is 18.2 Å². The average Bonchev–Trinajstić information content (AvgIpc) is 2.46. The number of carbonyl (C=O) groups is 1. The summed E-state index contributed by atoms with van der Waals surface area (Å²) in [5.74, 6) is -0.562. The second-order valence-corrected chi connectivity index (χ2v) is 4.30. The molecule has 0 saturated heterocycles. The zero-order valence-corrected chi connectivity index (χ0v) is 11.1. The molecular weight excluding hydrogens is 260 g/mol. The van der Waals surface area contributed by atoms with E-state index in [1.165, 1.54) is 6.20 Å². The Morgan fingerprint density at radius 3 is 2.70 bits per heavy atom. The molecule has 0 aliphatic rings. The summed E-state index contributed by atoms with van der Waals surface area (Å²) in [5.41, 5.74) is 1.54. The number of esters is 1. The minimum Gasteiger partial charge on any atom is -0.466 e. The first kappa shape index (κ1) is 14.4. The molecule has 6 nitrogen and oxygen atoms in total. The van der Waals surface area contributed by atoms with Gasteiger partial charge in [0.05, 0.1) is 42.1 Å². The number of aromatic nitrogens is 2. The summed E-state index contributed by atoms with van der Waals surface area (Å²) in [6.07, 6.45) is -1.45. The summed E-state index contributed by atoms with van der Waals surface area (Å²) < 4.78 is 4.72. The van der Waals surface area contributed by atoms with Gasteiger partial charge in [-0.25, -0.2) is 4.98 Å². The number of aliphatic hydroxyl groups excluding tert-OH is 2. The predicted molar refractivity (Wildman–Crippen MR) is 71.8 cm³/mol. The molecule has 0 radical (unpaired) electrons. The van der Waals surface area contributed by atoms with Crippen molar-refractivity contribution in [3.8, 4) is 0 Å². The van der Waals surface area contributed by atoms with E-state index in [4.69, 9.17) is 4.74 Å². The van der Waals surface area contributed by atoms with Crippen LogP contribution >= 0.6 is 0 Å². The lowest BCUT2D eigenvalue weighted by Crippen LogP contribution is -2.24. The largest absolute Gasteiger partial charge is 0.466 e. The third-order valence-electron chi connectivity index (χ3n) is 2.82. The van der Waals surface area contributed by atoms with Gasteiger partial charge in [-0.15, -0.1) is 0 Å². The van der Waals surface area contributed by atoms with E-state index in [1.807, 2.05) is 12.1 Å². The van der Waals surface area contributed by atoms with Crippen molar-refractivity contribution in [2.24, 2.45) is 0 Å². The minimum atomic E-state index is -1.28. The summed E-state index contributed by atoms with van der Waals surface area (Å²) in [5, 5.41) is 19.8. The maximum atomic E-state index is 11.3. The van der Waals surface area contributed by atoms with E-state index in [9.17, 15) is 15.0 Å². The Morgan fingerprint density at radius 1 is 1.30 bits per heavy atom. The zero-order valence-electron chi connectivity index (χ0n) is 11.1. The van der Waals surface area contributed by atoms with Crippen LogP contribution in [-0.2, 0) is 9.53 Å². The second-order valence-electron chi connectivity index (χ2n) is 4.30. The van der Waals surface area contributed by atoms with Crippen molar-refractivity contribution in [3.63, 3.8) is 0 Å². The molecule has 0 bridgehead atoms. The first-order valence-corrected chi connectivity index (χ1v) is 6.35. The fourth-order valence-corrected chi connectivity index (χ4v) is 1.81. The Balaban J connectivity index is 2.13. The van der Waals surface area contributed by atoms with Crippen LogP contribution in [0.3, 0.4) is 0 Å². The van der Waals surface area contributed by atoms with Gasteiger partial charge in [-0.1, -0.05) is 12.1 Å². The molecule has 6 heteroatoms. The Hall–Kier alpha value is -2.05. The summed E-state index contributed by atoms with van der Waals surface area (Å²) in [4.78, 5) is 19.6. The number of hydrogen-bond donors (Lipinski definition) is 2. The average molecular weight is 276 g/mol. The van der Waals surface area contributed by atoms with Gasteiger partial charge in [0.1, 0.15) is 6.10 Å². The van der Waals surface area contributed by atoms with Crippen molar-refractivity contribution in [2.45, 2.75) is 25.6 Å². The molecule has 106 valence electrons. The van der Waals surface area contributed by atoms with Gasteiger partial charge in [0.25, 0.3) is 0 Å². The van der Waals surface area contributed by atoms with Gasteiger partial charge in [0, 0.05) is 0 Å². The second kappa shape index (κ2) is 6.40. The highest BCUT2D eigenvalue weighted by Crippen LogP contribution is 2.19. The lowest BCUT2D eigenvalue weighted by molar-refractivity contribution is -0.147. The maximum Gasteiger partial charge on any atom is 0.308 e. The third kappa shape index (κ3) is 3.28. The van der Waals surface area contributed by atoms with Crippen LogP contribution in [0.15, 0.2) is 30.5 Å². The molecule has 2 aromatic rings. The smallest absolute Gasteiger partial charge is 0.308 e. The molecule has 1 aromatic heterocycles. The first-order valence-electron chi connectivity index (χ1n) is 6.35. The van der Waals surface area contributed by atoms with Crippen molar-refractivity contribution < 1.29 is 19.7 Å². The van der Waals surface area contributed by atoms with Crippen molar-refractivity contribution in [2.75, 3.05) is 6.61 Å². The minimum absolute atomic E-state index is 0.223. The third-order valence-corrected chi connectivity index (χ3v) is 2.82. The molecule has 2 atom stereocenters. The van der Waals surface area contributed by atoms with E-state index >= 15 is 0 Å². The number of hydrogen-bond acceptors (Lipinski definition) is 6. The number of para-hydroxylation sites is 2. The van der Waals surface area contributed by atoms with Gasteiger partial charge in [-0.2, -0.15) is 0 Å². The monoisotopic (exact) mass is 276 g/mol. The number of nitrogens with zero attached hydrogens (tertiary/aromatic N) is 2. The molecule has 20 heavy (non-hydrogen) atoms. The molecule has 0 aliphatic carbocycles. The van der Waals surface area contributed by atoms with E-state index in [1.54, 1.807) is 19.1 Å². The highest BCUT2D eigenvalue weighted by molar-refractivity contribution is 5.73. The zero-order chi connectivity index (χ0) is 14.5. The lowest BCUT2D eigenvalue weighted by Gasteiger charge is -2.16. The summed E-state index contributed by atoms with van der Waals surface area (Å²) in [6, 6.07) is 7.20. The molecule has 0 aliphatic heterocycles. The van der Waals surface area contributed by atoms with E-state index in [-0.39, 0.29) is 18.7 Å². The molecule has 2 unspecified atom stereocenters. The van der Waals surface area contributed by atoms with Gasteiger partial charge >= 0.3 is 5.97 Å². The van der Waals surface area contributed by atoms with Gasteiger partial charge < -0.3 is 14.9 Å². The van der Waals surface area contributed by atoms with Crippen LogP contribution in [-0.4, -0.2) is 38.9 Å². The van der Waals surface area contributed by atoms with Crippen LogP contribution in [0.25, 0.3) is 11.0 Å². The van der Waals surface area contributed by atoms with Crippen LogP contribution in [0.2, 0.25) is 0 Å². The Kier molecular flexibility index (Phi) is 4.60. The molecule has 1 heterocycles. The fourth-order valence-electron chi connectivity index (χ4n) is 1.81. The van der Waals surface area contributed by atoms with Crippen molar-refractivity contribution in [1.82, 2.24) is 9.97 Å². The fraction of sp³-hybridized carbons (Fsp3) is 0.357. The molecular formula is C14H16N2O4. The molecule has 2 N–H and O–H groups in total. The SMILES string of the molecule is CCOC(=O)CC(O)C(O)c1cnc2ccccc2n1. The van der Waals surface area contributed by atoms with Crippen LogP contribution in [0, 0.1) is 0 Å². The predicted octanol–water partition coefficient (Wildman–Crippen LogP) is 0.977. The standard InChI is InChI=1S/C14H16N2O4/c1-2-20-13(18)7-12(17)14(19)11-8-15-9-5-3-4-6-10(9)16-11/h3-6,8,12,14,17,19H,2,7H2,1H3. The Bertz CT molecular complexity index is 602. The number of ether oxygens (including phenoxy) is 1. The molecule has 2 rings (SSSR count). The quantitative estimate of drug-likeness (QED) is 0.791. The molecule has 0 amide bonds. The molecule has 0 spiro atoms. The normalized spacial score (nSPS) is 13.9.